The zero-order chi connectivity index (χ0) is 15.2. The Bertz CT molecular complexity index is 559. The second-order valence-corrected chi connectivity index (χ2v) is 5.25. The van der Waals surface area contributed by atoms with E-state index in [0.717, 1.165) is 12.0 Å². The highest BCUT2D eigenvalue weighted by Gasteiger charge is 2.29. The minimum absolute atomic E-state index is 0.0494. The van der Waals surface area contributed by atoms with Crippen molar-refractivity contribution < 1.29 is 9.53 Å². The van der Waals surface area contributed by atoms with E-state index in [-0.39, 0.29) is 18.1 Å². The van der Waals surface area contributed by atoms with Crippen LogP contribution in [0.25, 0.3) is 0 Å². The average molecular weight is 286 g/mol. The summed E-state index contributed by atoms with van der Waals surface area (Å²) in [7, 11) is 0. The molecule has 0 bridgehead atoms. The summed E-state index contributed by atoms with van der Waals surface area (Å²) in [6, 6.07) is 7.56. The van der Waals surface area contributed by atoms with E-state index in [1.54, 1.807) is 0 Å². The van der Waals surface area contributed by atoms with Crippen molar-refractivity contribution in [1.82, 2.24) is 4.90 Å². The second kappa shape index (κ2) is 7.26. The number of ether oxygens (including phenoxy) is 1. The van der Waals surface area contributed by atoms with Gasteiger partial charge in [-0.25, -0.2) is 0 Å². The van der Waals surface area contributed by atoms with Gasteiger partial charge in [0.25, 0.3) is 5.91 Å². The van der Waals surface area contributed by atoms with Crippen LogP contribution < -0.4 is 5.73 Å². The van der Waals surface area contributed by atoms with Crippen LogP contribution in [0.15, 0.2) is 24.3 Å². The number of benzene rings is 1. The van der Waals surface area contributed by atoms with Crippen molar-refractivity contribution in [2.75, 3.05) is 19.7 Å². The van der Waals surface area contributed by atoms with E-state index in [0.29, 0.717) is 25.3 Å². The molecular formula is C17H22N2O2. The van der Waals surface area contributed by atoms with Crippen molar-refractivity contribution in [1.29, 1.82) is 0 Å². The van der Waals surface area contributed by atoms with E-state index >= 15 is 0 Å². The fourth-order valence-corrected chi connectivity index (χ4v) is 2.48. The van der Waals surface area contributed by atoms with Crippen LogP contribution in [0, 0.1) is 11.8 Å². The highest BCUT2D eigenvalue weighted by atomic mass is 16.5. The Hall–Kier alpha value is -1.83. The summed E-state index contributed by atoms with van der Waals surface area (Å²) < 4.78 is 5.64. The van der Waals surface area contributed by atoms with Crippen LogP contribution >= 0.6 is 0 Å². The number of carbonyl (C=O) groups excluding carboxylic acids is 1. The van der Waals surface area contributed by atoms with Crippen LogP contribution in [-0.2, 0) is 4.74 Å². The second-order valence-electron chi connectivity index (χ2n) is 5.25. The van der Waals surface area contributed by atoms with Crippen LogP contribution in [0.5, 0.6) is 0 Å². The third kappa shape index (κ3) is 3.84. The number of nitrogens with two attached hydrogens (primary N) is 1. The lowest BCUT2D eigenvalue weighted by atomic mass is 10.1. The lowest BCUT2D eigenvalue weighted by Crippen LogP contribution is -2.51. The lowest BCUT2D eigenvalue weighted by molar-refractivity contribution is -0.0444. The summed E-state index contributed by atoms with van der Waals surface area (Å²) in [5, 5.41) is 0. The van der Waals surface area contributed by atoms with Crippen molar-refractivity contribution in [3.8, 4) is 11.8 Å². The first-order valence-electron chi connectivity index (χ1n) is 7.37. The number of carbonyl (C=O) groups is 1. The van der Waals surface area contributed by atoms with Gasteiger partial charge >= 0.3 is 0 Å². The van der Waals surface area contributed by atoms with E-state index in [9.17, 15) is 4.79 Å². The molecule has 0 radical (unpaired) electrons. The van der Waals surface area contributed by atoms with E-state index in [4.69, 9.17) is 10.5 Å². The topological polar surface area (TPSA) is 55.6 Å². The molecule has 1 saturated heterocycles. The molecule has 4 nitrogen and oxygen atoms in total. The van der Waals surface area contributed by atoms with Crippen molar-refractivity contribution in [2.45, 2.75) is 32.4 Å². The van der Waals surface area contributed by atoms with Crippen molar-refractivity contribution in [3.63, 3.8) is 0 Å². The van der Waals surface area contributed by atoms with Gasteiger partial charge in [0.2, 0.25) is 0 Å². The van der Waals surface area contributed by atoms with E-state index in [1.807, 2.05) is 36.1 Å². The molecule has 1 fully saturated rings. The first kappa shape index (κ1) is 15.6. The Balaban J connectivity index is 2.21. The molecule has 2 unspecified atom stereocenters. The lowest BCUT2D eigenvalue weighted by Gasteiger charge is -2.38. The predicted molar refractivity (Wildman–Crippen MR) is 82.9 cm³/mol. The maximum Gasteiger partial charge on any atom is 0.254 e. The Kier molecular flexibility index (Phi) is 5.38. The molecule has 0 spiro atoms. The number of morpholine rings is 1. The molecule has 112 valence electrons. The van der Waals surface area contributed by atoms with Crippen molar-refractivity contribution in [2.24, 2.45) is 5.73 Å². The van der Waals surface area contributed by atoms with E-state index in [1.165, 1.54) is 0 Å². The van der Waals surface area contributed by atoms with Gasteiger partial charge in [0.1, 0.15) is 0 Å². The SMILES string of the molecule is CCC1COC(C)CN1C(=O)c1cccc(C#CCN)c1. The average Bonchev–Trinajstić information content (AvgIpc) is 2.52. The molecule has 0 aliphatic carbocycles. The molecule has 21 heavy (non-hydrogen) atoms. The molecule has 1 aliphatic rings. The summed E-state index contributed by atoms with van der Waals surface area (Å²) in [5.74, 6) is 5.83. The molecule has 1 aromatic rings. The van der Waals surface area contributed by atoms with Gasteiger partial charge in [-0.2, -0.15) is 0 Å². The zero-order valence-electron chi connectivity index (χ0n) is 12.6. The number of rotatable bonds is 2. The molecule has 1 amide bonds. The minimum atomic E-state index is 0.0494. The monoisotopic (exact) mass is 286 g/mol. The third-order valence-corrected chi connectivity index (χ3v) is 3.64. The number of nitrogens with zero attached hydrogens (tertiary/aromatic N) is 1. The molecular weight excluding hydrogens is 264 g/mol. The van der Waals surface area contributed by atoms with Gasteiger partial charge in [-0.3, -0.25) is 4.79 Å². The van der Waals surface area contributed by atoms with Gasteiger partial charge in [-0.05, 0) is 31.5 Å². The van der Waals surface area contributed by atoms with Gasteiger partial charge in [0.05, 0.1) is 25.3 Å². The molecule has 2 N–H and O–H groups in total. The maximum absolute atomic E-state index is 12.7. The Morgan fingerprint density at radius 3 is 3.05 bits per heavy atom. The van der Waals surface area contributed by atoms with Gasteiger partial charge in [0, 0.05) is 17.7 Å². The molecule has 0 aromatic heterocycles. The van der Waals surface area contributed by atoms with Gasteiger partial charge in [-0.15, -0.1) is 0 Å². The quantitative estimate of drug-likeness (QED) is 0.841. The Morgan fingerprint density at radius 1 is 1.52 bits per heavy atom. The first-order valence-corrected chi connectivity index (χ1v) is 7.37. The normalized spacial score (nSPS) is 21.6. The number of hydrogen-bond acceptors (Lipinski definition) is 3. The van der Waals surface area contributed by atoms with Crippen LogP contribution in [0.2, 0.25) is 0 Å². The van der Waals surface area contributed by atoms with Gasteiger partial charge in [-0.1, -0.05) is 24.8 Å². The maximum atomic E-state index is 12.7. The van der Waals surface area contributed by atoms with Crippen LogP contribution in [0.4, 0.5) is 0 Å². The summed E-state index contributed by atoms with van der Waals surface area (Å²) in [4.78, 5) is 14.7. The molecule has 1 aromatic carbocycles. The molecule has 0 saturated carbocycles. The van der Waals surface area contributed by atoms with Gasteiger partial charge < -0.3 is 15.4 Å². The zero-order valence-corrected chi connectivity index (χ0v) is 12.6. The summed E-state index contributed by atoms with van der Waals surface area (Å²) in [6.45, 7) is 5.63. The molecule has 4 heteroatoms. The standard InChI is InChI=1S/C17H22N2O2/c1-3-16-12-21-13(2)11-19(16)17(20)15-8-4-6-14(10-15)7-5-9-18/h4,6,8,10,13,16H,3,9,11-12,18H2,1-2H3. The fraction of sp³-hybridized carbons (Fsp3) is 0.471. The largest absolute Gasteiger partial charge is 0.375 e. The molecule has 2 rings (SSSR count). The van der Waals surface area contributed by atoms with Crippen molar-refractivity contribution in [3.05, 3.63) is 35.4 Å². The van der Waals surface area contributed by atoms with Crippen molar-refractivity contribution >= 4 is 5.91 Å². The minimum Gasteiger partial charge on any atom is -0.375 e. The summed E-state index contributed by atoms with van der Waals surface area (Å²) >= 11 is 0. The van der Waals surface area contributed by atoms with Gasteiger partial charge in [0.15, 0.2) is 0 Å². The summed E-state index contributed by atoms with van der Waals surface area (Å²) in [5.41, 5.74) is 6.87. The van der Waals surface area contributed by atoms with Crippen LogP contribution in [0.3, 0.4) is 0 Å². The third-order valence-electron chi connectivity index (χ3n) is 3.64. The highest BCUT2D eigenvalue weighted by Crippen LogP contribution is 2.18. The van der Waals surface area contributed by atoms with Crippen LogP contribution in [-0.4, -0.2) is 42.6 Å². The number of amides is 1. The Morgan fingerprint density at radius 2 is 2.33 bits per heavy atom. The predicted octanol–water partition coefficient (Wildman–Crippen LogP) is 1.64. The van der Waals surface area contributed by atoms with Crippen LogP contribution in [0.1, 0.15) is 36.2 Å². The smallest absolute Gasteiger partial charge is 0.254 e. The first-order chi connectivity index (χ1) is 10.2. The fourth-order valence-electron chi connectivity index (χ4n) is 2.48. The molecule has 1 heterocycles. The van der Waals surface area contributed by atoms with E-state index in [2.05, 4.69) is 18.8 Å². The highest BCUT2D eigenvalue weighted by molar-refractivity contribution is 5.94. The summed E-state index contributed by atoms with van der Waals surface area (Å²) in [6.07, 6.45) is 0.975. The molecule has 2 atom stereocenters. The Labute approximate surface area is 126 Å². The number of hydrogen-bond donors (Lipinski definition) is 1. The molecule has 1 aliphatic heterocycles. The van der Waals surface area contributed by atoms with E-state index < -0.39 is 0 Å².